The molecule has 2 N–H and O–H groups in total. The van der Waals surface area contributed by atoms with Gasteiger partial charge in [0.1, 0.15) is 17.3 Å². The molecule has 0 fully saturated rings. The predicted octanol–water partition coefficient (Wildman–Crippen LogP) is 3.76. The molecule has 0 spiro atoms. The van der Waals surface area contributed by atoms with Gasteiger partial charge in [0, 0.05) is 11.1 Å². The van der Waals surface area contributed by atoms with Crippen molar-refractivity contribution in [2.75, 3.05) is 5.73 Å². The van der Waals surface area contributed by atoms with Crippen molar-refractivity contribution in [1.82, 2.24) is 9.55 Å². The number of hydrogen-bond donors (Lipinski definition) is 1. The first-order valence-electron chi connectivity index (χ1n) is 6.79. The van der Waals surface area contributed by atoms with Gasteiger partial charge in [0.15, 0.2) is 0 Å². The maximum atomic E-state index is 6.29. The van der Waals surface area contributed by atoms with E-state index < -0.39 is 0 Å². The van der Waals surface area contributed by atoms with E-state index in [9.17, 15) is 0 Å². The van der Waals surface area contributed by atoms with Crippen molar-refractivity contribution < 1.29 is 0 Å². The molecule has 0 unspecified atom stereocenters. The topological polar surface area (TPSA) is 43.8 Å². The fraction of sp³-hybridized carbons (Fsp3) is 0.438. The van der Waals surface area contributed by atoms with E-state index in [1.165, 1.54) is 5.56 Å². The first-order chi connectivity index (χ1) is 8.84. The van der Waals surface area contributed by atoms with Gasteiger partial charge in [0.25, 0.3) is 0 Å². The van der Waals surface area contributed by atoms with E-state index in [1.807, 2.05) is 6.92 Å². The van der Waals surface area contributed by atoms with Crippen LogP contribution in [-0.2, 0) is 12.0 Å². The van der Waals surface area contributed by atoms with Crippen LogP contribution < -0.4 is 5.73 Å². The van der Waals surface area contributed by atoms with Crippen molar-refractivity contribution in [3.63, 3.8) is 0 Å². The molecule has 0 atom stereocenters. The molecule has 0 aliphatic rings. The number of nitrogen functional groups attached to an aromatic ring is 1. The summed E-state index contributed by atoms with van der Waals surface area (Å²) in [6.45, 7) is 10.6. The number of aryl methyl sites for hydroxylation is 2. The maximum Gasteiger partial charge on any atom is 0.132 e. The summed E-state index contributed by atoms with van der Waals surface area (Å²) in [5.41, 5.74) is 9.54. The highest BCUT2D eigenvalue weighted by Crippen LogP contribution is 2.31. The van der Waals surface area contributed by atoms with Crippen molar-refractivity contribution in [1.29, 1.82) is 0 Å². The smallest absolute Gasteiger partial charge is 0.132 e. The summed E-state index contributed by atoms with van der Waals surface area (Å²) >= 11 is 0. The second kappa shape index (κ2) is 4.72. The van der Waals surface area contributed by atoms with Gasteiger partial charge in [0.05, 0.1) is 0 Å². The highest BCUT2D eigenvalue weighted by Gasteiger charge is 2.22. The summed E-state index contributed by atoms with van der Waals surface area (Å²) in [6, 6.07) is 8.48. The summed E-state index contributed by atoms with van der Waals surface area (Å²) in [5.74, 6) is 1.70. The van der Waals surface area contributed by atoms with Crippen LogP contribution in [0.5, 0.6) is 0 Å². The summed E-state index contributed by atoms with van der Waals surface area (Å²) in [4.78, 5) is 4.64. The van der Waals surface area contributed by atoms with Gasteiger partial charge in [-0.05, 0) is 39.7 Å². The van der Waals surface area contributed by atoms with Crippen LogP contribution in [0, 0.1) is 6.92 Å². The Morgan fingerprint density at radius 1 is 1.16 bits per heavy atom. The number of nitrogens with zero attached hydrogens (tertiary/aromatic N) is 2. The Bertz CT molecular complexity index is 571. The van der Waals surface area contributed by atoms with E-state index in [-0.39, 0.29) is 5.54 Å². The lowest BCUT2D eigenvalue weighted by Gasteiger charge is -2.24. The number of anilines is 1. The van der Waals surface area contributed by atoms with E-state index in [2.05, 4.69) is 61.5 Å². The second-order valence-corrected chi connectivity index (χ2v) is 5.95. The average Bonchev–Trinajstić information content (AvgIpc) is 2.64. The molecule has 0 saturated carbocycles. The molecule has 1 aromatic heterocycles. The number of imidazole rings is 1. The largest absolute Gasteiger partial charge is 0.383 e. The van der Waals surface area contributed by atoms with Gasteiger partial charge in [0.2, 0.25) is 0 Å². The molecule has 0 radical (unpaired) electrons. The zero-order valence-corrected chi connectivity index (χ0v) is 12.5. The van der Waals surface area contributed by atoms with E-state index in [0.29, 0.717) is 0 Å². The third-order valence-corrected chi connectivity index (χ3v) is 3.39. The Labute approximate surface area is 115 Å². The van der Waals surface area contributed by atoms with Crippen molar-refractivity contribution >= 4 is 5.82 Å². The van der Waals surface area contributed by atoms with Gasteiger partial charge >= 0.3 is 0 Å². The molecule has 1 aromatic carbocycles. The minimum Gasteiger partial charge on any atom is -0.383 e. The van der Waals surface area contributed by atoms with Gasteiger partial charge in [-0.3, -0.25) is 0 Å². The van der Waals surface area contributed by atoms with Crippen LogP contribution in [-0.4, -0.2) is 9.55 Å². The molecule has 3 nitrogen and oxygen atoms in total. The Morgan fingerprint density at radius 2 is 1.74 bits per heavy atom. The minimum absolute atomic E-state index is 0.0528. The SMILES string of the molecule is CCc1ccc(-c2nc(C)n(C(C)(C)C)c2N)cc1. The Balaban J connectivity index is 2.51. The fourth-order valence-corrected chi connectivity index (χ4v) is 2.51. The zero-order valence-electron chi connectivity index (χ0n) is 12.5. The molecule has 2 rings (SSSR count). The summed E-state index contributed by atoms with van der Waals surface area (Å²) in [6.07, 6.45) is 1.05. The van der Waals surface area contributed by atoms with Crippen molar-refractivity contribution in [2.45, 2.75) is 46.6 Å². The lowest BCUT2D eigenvalue weighted by atomic mass is 10.1. The number of rotatable bonds is 2. The molecular weight excluding hydrogens is 234 g/mol. The lowest BCUT2D eigenvalue weighted by molar-refractivity contribution is 0.393. The van der Waals surface area contributed by atoms with Crippen LogP contribution in [0.2, 0.25) is 0 Å². The summed E-state index contributed by atoms with van der Waals surface area (Å²) in [5, 5.41) is 0. The summed E-state index contributed by atoms with van der Waals surface area (Å²) < 4.78 is 2.09. The third kappa shape index (κ3) is 2.50. The van der Waals surface area contributed by atoms with Crippen LogP contribution in [0.3, 0.4) is 0 Å². The molecule has 0 amide bonds. The highest BCUT2D eigenvalue weighted by molar-refractivity contribution is 5.71. The van der Waals surface area contributed by atoms with Crippen LogP contribution in [0.25, 0.3) is 11.3 Å². The van der Waals surface area contributed by atoms with Crippen molar-refractivity contribution in [3.05, 3.63) is 35.7 Å². The monoisotopic (exact) mass is 257 g/mol. The number of benzene rings is 1. The van der Waals surface area contributed by atoms with Gasteiger partial charge in [-0.15, -0.1) is 0 Å². The van der Waals surface area contributed by atoms with E-state index in [1.54, 1.807) is 0 Å². The van der Waals surface area contributed by atoms with E-state index in [4.69, 9.17) is 5.73 Å². The van der Waals surface area contributed by atoms with Gasteiger partial charge in [-0.25, -0.2) is 4.98 Å². The van der Waals surface area contributed by atoms with E-state index in [0.717, 1.165) is 29.3 Å². The molecule has 0 bridgehead atoms. The molecule has 0 aliphatic heterocycles. The standard InChI is InChI=1S/C16H23N3/c1-6-12-7-9-13(10-8-12)14-15(17)19(11(2)18-14)16(3,4)5/h7-10H,6,17H2,1-5H3. The number of aromatic nitrogens is 2. The molecule has 0 saturated heterocycles. The first-order valence-corrected chi connectivity index (χ1v) is 6.79. The molecule has 3 heteroatoms. The van der Waals surface area contributed by atoms with Crippen LogP contribution in [0.1, 0.15) is 39.1 Å². The highest BCUT2D eigenvalue weighted by atomic mass is 15.2. The van der Waals surface area contributed by atoms with Crippen molar-refractivity contribution in [3.8, 4) is 11.3 Å². The molecule has 2 aromatic rings. The molecule has 1 heterocycles. The summed E-state index contributed by atoms with van der Waals surface area (Å²) in [7, 11) is 0. The number of nitrogens with two attached hydrogens (primary N) is 1. The normalized spacial score (nSPS) is 11.8. The second-order valence-electron chi connectivity index (χ2n) is 5.95. The Kier molecular flexibility index (Phi) is 3.40. The van der Waals surface area contributed by atoms with Gasteiger partial charge in [-0.2, -0.15) is 0 Å². The molecular formula is C16H23N3. The predicted molar refractivity (Wildman–Crippen MR) is 81.2 cm³/mol. The van der Waals surface area contributed by atoms with Crippen LogP contribution in [0.15, 0.2) is 24.3 Å². The quantitative estimate of drug-likeness (QED) is 0.890. The molecule has 0 aliphatic carbocycles. The first kappa shape index (κ1) is 13.7. The van der Waals surface area contributed by atoms with Crippen LogP contribution >= 0.6 is 0 Å². The third-order valence-electron chi connectivity index (χ3n) is 3.39. The molecule has 102 valence electrons. The van der Waals surface area contributed by atoms with Crippen molar-refractivity contribution in [2.24, 2.45) is 0 Å². The van der Waals surface area contributed by atoms with Crippen LogP contribution in [0.4, 0.5) is 5.82 Å². The Morgan fingerprint density at radius 3 is 2.16 bits per heavy atom. The van der Waals surface area contributed by atoms with Gasteiger partial charge in [-0.1, -0.05) is 31.2 Å². The Hall–Kier alpha value is -1.77. The maximum absolute atomic E-state index is 6.29. The fourth-order valence-electron chi connectivity index (χ4n) is 2.51. The zero-order chi connectivity index (χ0) is 14.2. The van der Waals surface area contributed by atoms with Gasteiger partial charge < -0.3 is 10.3 Å². The molecule has 19 heavy (non-hydrogen) atoms. The lowest BCUT2D eigenvalue weighted by Crippen LogP contribution is -2.24. The van der Waals surface area contributed by atoms with E-state index >= 15 is 0 Å². The average molecular weight is 257 g/mol. The minimum atomic E-state index is -0.0528. The number of hydrogen-bond acceptors (Lipinski definition) is 2.